The van der Waals surface area contributed by atoms with Crippen molar-refractivity contribution in [3.63, 3.8) is 0 Å². The number of nitrogens with zero attached hydrogens (tertiary/aromatic N) is 2. The first-order valence-corrected chi connectivity index (χ1v) is 7.78. The fourth-order valence-corrected chi connectivity index (χ4v) is 2.41. The second kappa shape index (κ2) is 5.62. The molecule has 3 rings (SSSR count). The van der Waals surface area contributed by atoms with Crippen LogP contribution in [-0.4, -0.2) is 28.3 Å². The van der Waals surface area contributed by atoms with E-state index in [4.69, 9.17) is 9.31 Å². The van der Waals surface area contributed by atoms with Gasteiger partial charge in [0.05, 0.1) is 11.2 Å². The molecule has 0 unspecified atom stereocenters. The maximum absolute atomic E-state index is 6.09. The predicted octanol–water partition coefficient (Wildman–Crippen LogP) is 2.83. The summed E-state index contributed by atoms with van der Waals surface area (Å²) in [4.78, 5) is 8.56. The van der Waals surface area contributed by atoms with Gasteiger partial charge < -0.3 is 14.6 Å². The Morgan fingerprint density at radius 2 is 1.61 bits per heavy atom. The van der Waals surface area contributed by atoms with E-state index >= 15 is 0 Å². The zero-order chi connectivity index (χ0) is 16.7. The van der Waals surface area contributed by atoms with Crippen molar-refractivity contribution >= 4 is 24.1 Å². The number of anilines is 2. The Morgan fingerprint density at radius 3 is 2.26 bits per heavy atom. The first-order chi connectivity index (χ1) is 10.8. The predicted molar refractivity (Wildman–Crippen MR) is 92.2 cm³/mol. The highest BCUT2D eigenvalue weighted by atomic mass is 16.7. The highest BCUT2D eigenvalue weighted by Crippen LogP contribution is 2.36. The molecule has 120 valence electrons. The van der Waals surface area contributed by atoms with Crippen LogP contribution < -0.4 is 10.8 Å². The average Bonchev–Trinajstić information content (AvgIpc) is 2.68. The van der Waals surface area contributed by atoms with Crippen LogP contribution in [0.25, 0.3) is 0 Å². The van der Waals surface area contributed by atoms with Gasteiger partial charge in [0, 0.05) is 23.8 Å². The molecule has 0 radical (unpaired) electrons. The minimum Gasteiger partial charge on any atom is -0.399 e. The van der Waals surface area contributed by atoms with Crippen LogP contribution in [0.15, 0.2) is 36.7 Å². The molecular formula is C17H22BN3O2. The molecule has 2 aromatic heterocycles. The van der Waals surface area contributed by atoms with Gasteiger partial charge in [0.25, 0.3) is 0 Å². The molecule has 5 nitrogen and oxygen atoms in total. The standard InChI is InChI=1S/C17H22BN3O2/c1-12-10-14(7-9-19-12)21-15-11-13(6-8-20-15)18-22-16(2,3)17(4,5)23-18/h6-11H,1-5H3,(H,19,20,21). The van der Waals surface area contributed by atoms with Crippen LogP contribution in [0.1, 0.15) is 33.4 Å². The second-order valence-corrected chi connectivity index (χ2v) is 6.87. The third kappa shape index (κ3) is 3.23. The van der Waals surface area contributed by atoms with Crippen molar-refractivity contribution in [3.05, 3.63) is 42.4 Å². The molecule has 3 heterocycles. The number of hydrogen-bond donors (Lipinski definition) is 1. The number of aromatic nitrogens is 2. The van der Waals surface area contributed by atoms with E-state index in [0.717, 1.165) is 22.7 Å². The van der Waals surface area contributed by atoms with Gasteiger partial charge in [0.15, 0.2) is 0 Å². The van der Waals surface area contributed by atoms with Gasteiger partial charge in [-0.25, -0.2) is 4.98 Å². The molecule has 1 aliphatic rings. The van der Waals surface area contributed by atoms with E-state index in [1.54, 1.807) is 12.4 Å². The Hall–Kier alpha value is -1.92. The van der Waals surface area contributed by atoms with Crippen LogP contribution in [0.2, 0.25) is 0 Å². The average molecular weight is 311 g/mol. The topological polar surface area (TPSA) is 56.3 Å². The molecule has 1 saturated heterocycles. The van der Waals surface area contributed by atoms with E-state index in [1.807, 2.05) is 58.9 Å². The maximum atomic E-state index is 6.09. The van der Waals surface area contributed by atoms with Crippen LogP contribution in [0.3, 0.4) is 0 Å². The van der Waals surface area contributed by atoms with Crippen LogP contribution in [0.5, 0.6) is 0 Å². The van der Waals surface area contributed by atoms with Crippen molar-refractivity contribution < 1.29 is 9.31 Å². The summed E-state index contributed by atoms with van der Waals surface area (Å²) in [6, 6.07) is 7.77. The quantitative estimate of drug-likeness (QED) is 0.883. The van der Waals surface area contributed by atoms with E-state index in [0.29, 0.717) is 0 Å². The fourth-order valence-electron chi connectivity index (χ4n) is 2.41. The zero-order valence-corrected chi connectivity index (χ0v) is 14.3. The lowest BCUT2D eigenvalue weighted by atomic mass is 9.80. The first kappa shape index (κ1) is 16.0. The van der Waals surface area contributed by atoms with Crippen molar-refractivity contribution in [2.24, 2.45) is 0 Å². The van der Waals surface area contributed by atoms with Gasteiger partial charge >= 0.3 is 7.12 Å². The largest absolute Gasteiger partial charge is 0.495 e. The smallest absolute Gasteiger partial charge is 0.399 e. The summed E-state index contributed by atoms with van der Waals surface area (Å²) >= 11 is 0. The summed E-state index contributed by atoms with van der Waals surface area (Å²) in [5.74, 6) is 0.753. The number of nitrogens with one attached hydrogen (secondary N) is 1. The third-order valence-corrected chi connectivity index (χ3v) is 4.48. The van der Waals surface area contributed by atoms with Crippen molar-refractivity contribution in [3.8, 4) is 0 Å². The molecule has 0 aromatic carbocycles. The molecule has 1 fully saturated rings. The highest BCUT2D eigenvalue weighted by molar-refractivity contribution is 6.62. The van der Waals surface area contributed by atoms with Crippen LogP contribution >= 0.6 is 0 Å². The molecular weight excluding hydrogens is 289 g/mol. The molecule has 0 aliphatic carbocycles. The van der Waals surface area contributed by atoms with Gasteiger partial charge in [-0.15, -0.1) is 0 Å². The molecule has 1 aliphatic heterocycles. The second-order valence-electron chi connectivity index (χ2n) is 6.87. The minimum atomic E-state index is -0.386. The normalized spacial score (nSPS) is 18.9. The van der Waals surface area contributed by atoms with Crippen molar-refractivity contribution in [1.82, 2.24) is 9.97 Å². The van der Waals surface area contributed by atoms with E-state index in [2.05, 4.69) is 15.3 Å². The Labute approximate surface area is 137 Å². The van der Waals surface area contributed by atoms with Crippen molar-refractivity contribution in [2.75, 3.05) is 5.32 Å². The lowest BCUT2D eigenvalue weighted by Crippen LogP contribution is -2.41. The molecule has 0 atom stereocenters. The lowest BCUT2D eigenvalue weighted by Gasteiger charge is -2.32. The summed E-state index contributed by atoms with van der Waals surface area (Å²) < 4.78 is 12.2. The first-order valence-electron chi connectivity index (χ1n) is 7.78. The van der Waals surface area contributed by atoms with Gasteiger partial charge in [-0.3, -0.25) is 4.98 Å². The van der Waals surface area contributed by atoms with E-state index in [1.165, 1.54) is 0 Å². The van der Waals surface area contributed by atoms with Crippen molar-refractivity contribution in [1.29, 1.82) is 0 Å². The summed E-state index contributed by atoms with van der Waals surface area (Å²) in [5.41, 5.74) is 2.16. The van der Waals surface area contributed by atoms with Crippen molar-refractivity contribution in [2.45, 2.75) is 45.8 Å². The third-order valence-electron chi connectivity index (χ3n) is 4.48. The zero-order valence-electron chi connectivity index (χ0n) is 14.3. The van der Waals surface area contributed by atoms with E-state index in [9.17, 15) is 0 Å². The van der Waals surface area contributed by atoms with E-state index < -0.39 is 0 Å². The van der Waals surface area contributed by atoms with Gasteiger partial charge in [-0.1, -0.05) is 0 Å². The van der Waals surface area contributed by atoms with E-state index in [-0.39, 0.29) is 18.3 Å². The summed E-state index contributed by atoms with van der Waals surface area (Å²) in [6.45, 7) is 10.2. The minimum absolute atomic E-state index is 0.350. The molecule has 23 heavy (non-hydrogen) atoms. The SMILES string of the molecule is Cc1cc(Nc2cc(B3OC(C)(C)C(C)(C)O3)ccn2)ccn1. The molecule has 2 aromatic rings. The number of aryl methyl sites for hydroxylation is 1. The molecule has 0 bridgehead atoms. The van der Waals surface area contributed by atoms with Gasteiger partial charge in [0.1, 0.15) is 5.82 Å². The van der Waals surface area contributed by atoms with Crippen LogP contribution in [0.4, 0.5) is 11.5 Å². The molecule has 6 heteroatoms. The molecule has 1 N–H and O–H groups in total. The maximum Gasteiger partial charge on any atom is 0.495 e. The number of rotatable bonds is 3. The van der Waals surface area contributed by atoms with Crippen LogP contribution in [0, 0.1) is 6.92 Å². The molecule has 0 amide bonds. The summed E-state index contributed by atoms with van der Waals surface area (Å²) in [5, 5.41) is 3.29. The summed E-state index contributed by atoms with van der Waals surface area (Å²) in [7, 11) is -0.386. The molecule has 0 spiro atoms. The Morgan fingerprint density at radius 1 is 0.957 bits per heavy atom. The highest BCUT2D eigenvalue weighted by Gasteiger charge is 2.51. The number of pyridine rings is 2. The van der Waals surface area contributed by atoms with Gasteiger partial charge in [0.2, 0.25) is 0 Å². The Balaban J connectivity index is 1.81. The van der Waals surface area contributed by atoms with Gasteiger partial charge in [-0.05, 0) is 64.3 Å². The fraction of sp³-hybridized carbons (Fsp3) is 0.412. The summed E-state index contributed by atoms with van der Waals surface area (Å²) in [6.07, 6.45) is 3.53. The number of hydrogen-bond acceptors (Lipinski definition) is 5. The van der Waals surface area contributed by atoms with Crippen LogP contribution in [-0.2, 0) is 9.31 Å². The monoisotopic (exact) mass is 311 g/mol. The Kier molecular flexibility index (Phi) is 3.90. The molecule has 0 saturated carbocycles. The Bertz CT molecular complexity index is 702. The van der Waals surface area contributed by atoms with Gasteiger partial charge in [-0.2, -0.15) is 0 Å². The lowest BCUT2D eigenvalue weighted by molar-refractivity contribution is 0.00578.